The van der Waals surface area contributed by atoms with E-state index >= 15 is 0 Å². The lowest BCUT2D eigenvalue weighted by molar-refractivity contribution is -0.384. The Morgan fingerprint density at radius 2 is 2.12 bits per heavy atom. The van der Waals surface area contributed by atoms with E-state index in [0.717, 1.165) is 16.5 Å². The van der Waals surface area contributed by atoms with Gasteiger partial charge in [0, 0.05) is 30.3 Å². The van der Waals surface area contributed by atoms with Crippen LogP contribution in [0, 0.1) is 10.1 Å². The lowest BCUT2D eigenvalue weighted by Gasteiger charge is -1.98. The van der Waals surface area contributed by atoms with Gasteiger partial charge in [-0.2, -0.15) is 0 Å². The zero-order valence-corrected chi connectivity index (χ0v) is 9.11. The number of non-ortho nitro benzene ring substituents is 1. The Morgan fingerprint density at radius 1 is 1.38 bits per heavy atom. The van der Waals surface area contributed by atoms with Crippen LogP contribution in [-0.2, 0) is 5.75 Å². The summed E-state index contributed by atoms with van der Waals surface area (Å²) >= 11 is 1.56. The van der Waals surface area contributed by atoms with Gasteiger partial charge in [-0.25, -0.2) is 4.98 Å². The zero-order chi connectivity index (χ0) is 11.4. The van der Waals surface area contributed by atoms with Crippen LogP contribution >= 0.6 is 11.8 Å². The highest BCUT2D eigenvalue weighted by molar-refractivity contribution is 7.98. The highest BCUT2D eigenvalue weighted by atomic mass is 32.2. The predicted octanol–water partition coefficient (Wildman–Crippen LogP) is 2.61. The van der Waals surface area contributed by atoms with Gasteiger partial charge in [-0.15, -0.1) is 0 Å². The molecule has 1 heterocycles. The summed E-state index contributed by atoms with van der Waals surface area (Å²) in [5, 5.41) is 11.3. The Hall–Kier alpha value is -1.82. The number of hydrogen-bond donors (Lipinski definition) is 1. The van der Waals surface area contributed by atoms with Gasteiger partial charge in [-0.1, -0.05) is 23.9 Å². The summed E-state index contributed by atoms with van der Waals surface area (Å²) in [7, 11) is 0. The van der Waals surface area contributed by atoms with Crippen LogP contribution in [0.3, 0.4) is 0 Å². The van der Waals surface area contributed by atoms with Gasteiger partial charge in [0.2, 0.25) is 0 Å². The average Bonchev–Trinajstić information content (AvgIpc) is 2.80. The topological polar surface area (TPSA) is 71.8 Å². The van der Waals surface area contributed by atoms with Crippen molar-refractivity contribution in [3.63, 3.8) is 0 Å². The van der Waals surface area contributed by atoms with E-state index in [1.54, 1.807) is 36.3 Å². The molecule has 0 aliphatic carbocycles. The molecule has 0 fully saturated rings. The normalized spacial score (nSPS) is 10.2. The molecule has 5 nitrogen and oxygen atoms in total. The number of imidazole rings is 1. The molecule has 0 aliphatic heterocycles. The van der Waals surface area contributed by atoms with Crippen LogP contribution in [0.1, 0.15) is 5.56 Å². The molecule has 82 valence electrons. The van der Waals surface area contributed by atoms with Crippen LogP contribution in [0.25, 0.3) is 0 Å². The molecule has 0 saturated heterocycles. The number of hydrogen-bond acceptors (Lipinski definition) is 4. The predicted molar refractivity (Wildman–Crippen MR) is 61.2 cm³/mol. The molecule has 0 aliphatic rings. The summed E-state index contributed by atoms with van der Waals surface area (Å²) in [4.78, 5) is 17.1. The number of benzene rings is 1. The van der Waals surface area contributed by atoms with Crippen LogP contribution in [0.5, 0.6) is 0 Å². The fraction of sp³-hybridized carbons (Fsp3) is 0.100. The van der Waals surface area contributed by atoms with Gasteiger partial charge in [-0.3, -0.25) is 10.1 Å². The minimum absolute atomic E-state index is 0.117. The van der Waals surface area contributed by atoms with E-state index in [2.05, 4.69) is 9.97 Å². The SMILES string of the molecule is O=[N+]([O-])c1ccc(CSc2ncc[nH]2)cc1. The van der Waals surface area contributed by atoms with E-state index in [1.807, 2.05) is 0 Å². The van der Waals surface area contributed by atoms with Gasteiger partial charge < -0.3 is 4.98 Å². The van der Waals surface area contributed by atoms with Crippen LogP contribution in [0.2, 0.25) is 0 Å². The second-order valence-electron chi connectivity index (χ2n) is 3.11. The molecular formula is C10H9N3O2S. The Bertz CT molecular complexity index is 467. The number of nitro groups is 1. The number of rotatable bonds is 4. The van der Waals surface area contributed by atoms with Crippen LogP contribution in [0.4, 0.5) is 5.69 Å². The molecule has 0 amide bonds. The lowest BCUT2D eigenvalue weighted by Crippen LogP contribution is -1.88. The van der Waals surface area contributed by atoms with E-state index in [1.165, 1.54) is 12.1 Å². The molecule has 2 rings (SSSR count). The van der Waals surface area contributed by atoms with Crippen molar-refractivity contribution < 1.29 is 4.92 Å². The van der Waals surface area contributed by atoms with E-state index < -0.39 is 4.92 Å². The van der Waals surface area contributed by atoms with Crippen molar-refractivity contribution in [2.45, 2.75) is 10.9 Å². The molecular weight excluding hydrogens is 226 g/mol. The summed E-state index contributed by atoms with van der Waals surface area (Å²) < 4.78 is 0. The summed E-state index contributed by atoms with van der Waals surface area (Å²) in [6.45, 7) is 0. The molecule has 6 heteroatoms. The molecule has 0 bridgehead atoms. The maximum atomic E-state index is 10.4. The molecule has 1 N–H and O–H groups in total. The fourth-order valence-corrected chi connectivity index (χ4v) is 1.98. The van der Waals surface area contributed by atoms with E-state index in [4.69, 9.17) is 0 Å². The number of nitro benzene ring substituents is 1. The number of thioether (sulfide) groups is 1. The van der Waals surface area contributed by atoms with Gasteiger partial charge in [0.1, 0.15) is 0 Å². The van der Waals surface area contributed by atoms with Crippen molar-refractivity contribution in [1.29, 1.82) is 0 Å². The second kappa shape index (κ2) is 4.80. The maximum absolute atomic E-state index is 10.4. The van der Waals surface area contributed by atoms with Crippen LogP contribution in [-0.4, -0.2) is 14.9 Å². The first-order valence-electron chi connectivity index (χ1n) is 4.61. The van der Waals surface area contributed by atoms with Gasteiger partial charge >= 0.3 is 0 Å². The number of nitrogens with one attached hydrogen (secondary N) is 1. The number of nitrogens with zero attached hydrogens (tertiary/aromatic N) is 2. The van der Waals surface area contributed by atoms with Crippen molar-refractivity contribution in [2.24, 2.45) is 0 Å². The number of aromatic amines is 1. The van der Waals surface area contributed by atoms with E-state index in [9.17, 15) is 10.1 Å². The molecule has 0 radical (unpaired) electrons. The third-order valence-electron chi connectivity index (χ3n) is 2.00. The molecule has 0 unspecified atom stereocenters. The van der Waals surface area contributed by atoms with Crippen molar-refractivity contribution in [1.82, 2.24) is 9.97 Å². The van der Waals surface area contributed by atoms with Crippen molar-refractivity contribution in [3.8, 4) is 0 Å². The third-order valence-corrected chi connectivity index (χ3v) is 2.97. The third kappa shape index (κ3) is 2.60. The summed E-state index contributed by atoms with van der Waals surface area (Å²) in [5.74, 6) is 0.742. The second-order valence-corrected chi connectivity index (χ2v) is 4.07. The van der Waals surface area contributed by atoms with Gasteiger partial charge in [0.05, 0.1) is 4.92 Å². The van der Waals surface area contributed by atoms with Gasteiger partial charge in [0.25, 0.3) is 5.69 Å². The van der Waals surface area contributed by atoms with Gasteiger partial charge in [0.15, 0.2) is 5.16 Å². The lowest BCUT2D eigenvalue weighted by atomic mass is 10.2. The Balaban J connectivity index is 1.98. The van der Waals surface area contributed by atoms with Crippen LogP contribution < -0.4 is 0 Å². The zero-order valence-electron chi connectivity index (χ0n) is 8.29. The quantitative estimate of drug-likeness (QED) is 0.502. The standard InChI is InChI=1S/C10H9N3O2S/c14-13(15)9-3-1-8(2-4-9)7-16-10-11-5-6-12-10/h1-6H,7H2,(H,11,12). The minimum Gasteiger partial charge on any atom is -0.340 e. The fourth-order valence-electron chi connectivity index (χ4n) is 1.20. The summed E-state index contributed by atoms with van der Waals surface area (Å²) in [6.07, 6.45) is 3.45. The molecule has 0 atom stereocenters. The monoisotopic (exact) mass is 235 g/mol. The molecule has 1 aromatic carbocycles. The molecule has 1 aromatic heterocycles. The van der Waals surface area contributed by atoms with Gasteiger partial charge in [-0.05, 0) is 5.56 Å². The summed E-state index contributed by atoms with van der Waals surface area (Å²) in [6, 6.07) is 6.54. The van der Waals surface area contributed by atoms with Crippen molar-refractivity contribution in [3.05, 3.63) is 52.3 Å². The maximum Gasteiger partial charge on any atom is 0.269 e. The summed E-state index contributed by atoms with van der Waals surface area (Å²) in [5.41, 5.74) is 1.15. The van der Waals surface area contributed by atoms with Crippen LogP contribution in [0.15, 0.2) is 41.8 Å². The van der Waals surface area contributed by atoms with Crippen molar-refractivity contribution in [2.75, 3.05) is 0 Å². The Kier molecular flexibility index (Phi) is 3.21. The molecule has 0 spiro atoms. The first kappa shape index (κ1) is 10.7. The molecule has 0 saturated carbocycles. The molecule has 16 heavy (non-hydrogen) atoms. The average molecular weight is 235 g/mol. The minimum atomic E-state index is -0.399. The Labute approximate surface area is 96.1 Å². The first-order valence-corrected chi connectivity index (χ1v) is 5.60. The van der Waals surface area contributed by atoms with E-state index in [0.29, 0.717) is 0 Å². The number of H-pyrrole nitrogens is 1. The molecule has 2 aromatic rings. The smallest absolute Gasteiger partial charge is 0.269 e. The number of aromatic nitrogens is 2. The van der Waals surface area contributed by atoms with E-state index in [-0.39, 0.29) is 5.69 Å². The highest BCUT2D eigenvalue weighted by Gasteiger charge is 2.04. The highest BCUT2D eigenvalue weighted by Crippen LogP contribution is 2.20. The first-order chi connectivity index (χ1) is 7.75. The Morgan fingerprint density at radius 3 is 2.69 bits per heavy atom. The largest absolute Gasteiger partial charge is 0.340 e. The van der Waals surface area contributed by atoms with Crippen molar-refractivity contribution >= 4 is 17.4 Å².